The second-order valence-electron chi connectivity index (χ2n) is 8.77. The Bertz CT molecular complexity index is 439. The third kappa shape index (κ3) is 5.69. The molecule has 0 bridgehead atoms. The molecule has 1 fully saturated rings. The second-order valence-corrected chi connectivity index (χ2v) is 13.6. The highest BCUT2D eigenvalue weighted by molar-refractivity contribution is 6.74. The van der Waals surface area contributed by atoms with E-state index in [2.05, 4.69) is 33.9 Å². The molecule has 0 radical (unpaired) electrons. The van der Waals surface area contributed by atoms with Crippen LogP contribution in [0.4, 0.5) is 0 Å². The van der Waals surface area contributed by atoms with Gasteiger partial charge in [0.15, 0.2) is 8.32 Å². The highest BCUT2D eigenvalue weighted by Gasteiger charge is 2.42. The predicted octanol–water partition coefficient (Wildman–Crippen LogP) is 4.87. The van der Waals surface area contributed by atoms with Crippen molar-refractivity contribution in [2.45, 2.75) is 90.8 Å². The molecule has 0 aromatic heterocycles. The van der Waals surface area contributed by atoms with Crippen LogP contribution in [-0.2, 0) is 18.8 Å². The Morgan fingerprint density at radius 1 is 1.21 bits per heavy atom. The van der Waals surface area contributed by atoms with Crippen molar-refractivity contribution in [2.75, 3.05) is 13.2 Å². The normalized spacial score (nSPS) is 22.8. The van der Waals surface area contributed by atoms with Crippen molar-refractivity contribution < 1.29 is 18.8 Å². The van der Waals surface area contributed by atoms with Crippen LogP contribution in [0.25, 0.3) is 0 Å². The van der Waals surface area contributed by atoms with E-state index < -0.39 is 13.7 Å². The predicted molar refractivity (Wildman–Crippen MR) is 99.5 cm³/mol. The summed E-state index contributed by atoms with van der Waals surface area (Å²) in [7, 11) is -1.67. The number of cyclic esters (lactones) is 1. The fourth-order valence-corrected chi connectivity index (χ4v) is 3.73. The minimum atomic E-state index is -1.67. The molecule has 0 aliphatic carbocycles. The number of Topliss-reactive ketones (excluding diaryl/α,β-unsaturated/α-hetero) is 1. The van der Waals surface area contributed by atoms with E-state index >= 15 is 0 Å². The van der Waals surface area contributed by atoms with E-state index in [1.807, 2.05) is 0 Å². The lowest BCUT2D eigenvalue weighted by Gasteiger charge is -2.36. The topological polar surface area (TPSA) is 52.6 Å². The van der Waals surface area contributed by atoms with Gasteiger partial charge >= 0.3 is 5.97 Å². The lowest BCUT2D eigenvalue weighted by molar-refractivity contribution is -0.158. The number of hydrogen-bond donors (Lipinski definition) is 0. The molecule has 1 heterocycles. The standard InChI is InChI=1S/C19H36O4Si/c1-18(2,3)24(5,6)23-15-10-7-8-12-16(20)19(4)13-9-11-14-22-17(19)21/h7-15H2,1-6H3. The zero-order valence-corrected chi connectivity index (χ0v) is 17.5. The van der Waals surface area contributed by atoms with E-state index in [0.717, 1.165) is 38.7 Å². The van der Waals surface area contributed by atoms with E-state index in [1.54, 1.807) is 6.92 Å². The van der Waals surface area contributed by atoms with Gasteiger partial charge in [-0.2, -0.15) is 0 Å². The van der Waals surface area contributed by atoms with Gasteiger partial charge in [-0.15, -0.1) is 0 Å². The molecule has 0 amide bonds. The molecule has 1 saturated heterocycles. The van der Waals surface area contributed by atoms with E-state index in [-0.39, 0.29) is 16.8 Å². The largest absolute Gasteiger partial charge is 0.465 e. The fourth-order valence-electron chi connectivity index (χ4n) is 2.64. The highest BCUT2D eigenvalue weighted by atomic mass is 28.4. The zero-order chi connectivity index (χ0) is 18.4. The lowest BCUT2D eigenvalue weighted by atomic mass is 9.79. The Balaban J connectivity index is 2.30. The molecule has 0 aromatic carbocycles. The summed E-state index contributed by atoms with van der Waals surface area (Å²) in [6, 6.07) is 0. The summed E-state index contributed by atoms with van der Waals surface area (Å²) in [5, 5.41) is 0.234. The average molecular weight is 357 g/mol. The van der Waals surface area contributed by atoms with Crippen LogP contribution in [0.3, 0.4) is 0 Å². The minimum absolute atomic E-state index is 0.0414. The number of ketones is 1. The van der Waals surface area contributed by atoms with Gasteiger partial charge in [-0.1, -0.05) is 27.2 Å². The summed E-state index contributed by atoms with van der Waals surface area (Å²) in [6.07, 6.45) is 5.59. The minimum Gasteiger partial charge on any atom is -0.465 e. The van der Waals surface area contributed by atoms with Gasteiger partial charge in [-0.25, -0.2) is 0 Å². The van der Waals surface area contributed by atoms with Gasteiger partial charge in [0.2, 0.25) is 0 Å². The third-order valence-electron chi connectivity index (χ3n) is 5.69. The van der Waals surface area contributed by atoms with Crippen molar-refractivity contribution in [3.63, 3.8) is 0 Å². The van der Waals surface area contributed by atoms with Crippen LogP contribution in [0, 0.1) is 5.41 Å². The van der Waals surface area contributed by atoms with Crippen LogP contribution >= 0.6 is 0 Å². The maximum Gasteiger partial charge on any atom is 0.319 e. The molecule has 0 spiro atoms. The first-order valence-corrected chi connectivity index (χ1v) is 12.3. The first kappa shape index (κ1) is 21.4. The van der Waals surface area contributed by atoms with Crippen LogP contribution in [-0.4, -0.2) is 33.3 Å². The Kier molecular flexibility index (Phi) is 7.66. The van der Waals surface area contributed by atoms with Crippen molar-refractivity contribution in [3.05, 3.63) is 0 Å². The van der Waals surface area contributed by atoms with Crippen molar-refractivity contribution in [2.24, 2.45) is 5.41 Å². The van der Waals surface area contributed by atoms with Crippen LogP contribution < -0.4 is 0 Å². The molecule has 1 aliphatic rings. The summed E-state index contributed by atoms with van der Waals surface area (Å²) in [5.74, 6) is -0.286. The maximum absolute atomic E-state index is 12.5. The van der Waals surface area contributed by atoms with E-state index in [9.17, 15) is 9.59 Å². The van der Waals surface area contributed by atoms with Crippen LogP contribution in [0.1, 0.15) is 72.6 Å². The van der Waals surface area contributed by atoms with Crippen molar-refractivity contribution >= 4 is 20.1 Å². The summed E-state index contributed by atoms with van der Waals surface area (Å²) in [5.41, 5.74) is -0.922. The van der Waals surface area contributed by atoms with E-state index in [4.69, 9.17) is 9.16 Å². The quantitative estimate of drug-likeness (QED) is 0.269. The van der Waals surface area contributed by atoms with Crippen molar-refractivity contribution in [1.82, 2.24) is 0 Å². The molecular formula is C19H36O4Si. The van der Waals surface area contributed by atoms with Gasteiger partial charge in [-0.05, 0) is 57.2 Å². The molecule has 0 saturated carbocycles. The summed E-state index contributed by atoms with van der Waals surface area (Å²) in [6.45, 7) is 14.2. The first-order valence-electron chi connectivity index (χ1n) is 9.35. The number of carbonyl (C=O) groups excluding carboxylic acids is 2. The van der Waals surface area contributed by atoms with Gasteiger partial charge in [-0.3, -0.25) is 9.59 Å². The van der Waals surface area contributed by atoms with Gasteiger partial charge in [0.25, 0.3) is 0 Å². The SMILES string of the molecule is CC1(C(=O)CCCCCO[Si](C)(C)C(C)(C)C)CCCCOC1=O. The molecule has 5 heteroatoms. The number of carbonyl (C=O) groups is 2. The molecule has 0 N–H and O–H groups in total. The first-order chi connectivity index (χ1) is 11.0. The zero-order valence-electron chi connectivity index (χ0n) is 16.5. The molecule has 1 rings (SSSR count). The van der Waals surface area contributed by atoms with Gasteiger partial charge < -0.3 is 9.16 Å². The number of hydrogen-bond acceptors (Lipinski definition) is 4. The number of rotatable bonds is 8. The molecule has 1 atom stereocenters. The van der Waals surface area contributed by atoms with E-state index in [1.165, 1.54) is 0 Å². The Morgan fingerprint density at radius 3 is 2.50 bits per heavy atom. The maximum atomic E-state index is 12.5. The highest BCUT2D eigenvalue weighted by Crippen LogP contribution is 2.36. The molecule has 0 aromatic rings. The van der Waals surface area contributed by atoms with Crippen molar-refractivity contribution in [1.29, 1.82) is 0 Å². The van der Waals surface area contributed by atoms with E-state index in [0.29, 0.717) is 19.4 Å². The fraction of sp³-hybridized carbons (Fsp3) is 0.895. The third-order valence-corrected chi connectivity index (χ3v) is 10.2. The monoisotopic (exact) mass is 356 g/mol. The Labute approximate surface area is 148 Å². The molecule has 4 nitrogen and oxygen atoms in total. The molecule has 1 aliphatic heterocycles. The smallest absolute Gasteiger partial charge is 0.319 e. The van der Waals surface area contributed by atoms with Crippen molar-refractivity contribution in [3.8, 4) is 0 Å². The summed E-state index contributed by atoms with van der Waals surface area (Å²) in [4.78, 5) is 24.5. The molecular weight excluding hydrogens is 320 g/mol. The lowest BCUT2D eigenvalue weighted by Crippen LogP contribution is -2.40. The van der Waals surface area contributed by atoms with Gasteiger partial charge in [0.05, 0.1) is 6.61 Å². The molecule has 24 heavy (non-hydrogen) atoms. The summed E-state index contributed by atoms with van der Waals surface area (Å²) < 4.78 is 11.3. The Morgan fingerprint density at radius 2 is 1.88 bits per heavy atom. The molecule has 1 unspecified atom stereocenters. The molecule has 140 valence electrons. The Hall–Kier alpha value is -0.683. The number of esters is 1. The van der Waals surface area contributed by atoms with Crippen LogP contribution in [0.5, 0.6) is 0 Å². The van der Waals surface area contributed by atoms with Gasteiger partial charge in [0, 0.05) is 13.0 Å². The number of ether oxygens (including phenoxy) is 1. The van der Waals surface area contributed by atoms with Crippen LogP contribution in [0.2, 0.25) is 18.1 Å². The second kappa shape index (κ2) is 8.61. The van der Waals surface area contributed by atoms with Gasteiger partial charge in [0.1, 0.15) is 11.2 Å². The van der Waals surface area contributed by atoms with Crippen LogP contribution in [0.15, 0.2) is 0 Å². The average Bonchev–Trinajstić information content (AvgIpc) is 2.64. The number of unbranched alkanes of at least 4 members (excludes halogenated alkanes) is 2. The summed E-state index contributed by atoms with van der Waals surface area (Å²) >= 11 is 0.